The minimum absolute atomic E-state index is 0. The predicted octanol–water partition coefficient (Wildman–Crippen LogP) is 0.0343. The van der Waals surface area contributed by atoms with Crippen molar-refractivity contribution in [2.75, 3.05) is 0 Å². The van der Waals surface area contributed by atoms with Gasteiger partial charge in [-0.1, -0.05) is 0 Å². The first kappa shape index (κ1) is 17.8. The molecule has 0 saturated heterocycles. The van der Waals surface area contributed by atoms with E-state index in [-0.39, 0.29) is 53.0 Å². The molecule has 0 aliphatic rings. The molecule has 0 atom stereocenters. The molecule has 23 heavy (non-hydrogen) atoms. The summed E-state index contributed by atoms with van der Waals surface area (Å²) in [4.78, 5) is 0. The largest absolute Gasteiger partial charge is 1.00 e. The molecule has 1 heterocycles. The Kier molecular flexibility index (Phi) is 6.06. The summed E-state index contributed by atoms with van der Waals surface area (Å²) in [6.07, 6.45) is 0. The van der Waals surface area contributed by atoms with Gasteiger partial charge in [0.2, 0.25) is 0 Å². The number of hydrogen-bond donors (Lipinski definition) is 0. The van der Waals surface area contributed by atoms with E-state index < -0.39 is 0 Å². The van der Waals surface area contributed by atoms with Crippen molar-refractivity contribution >= 4 is 12.6 Å². The molecule has 112 valence electrons. The molecule has 0 amide bonds. The first-order chi connectivity index (χ1) is 10.6. The molecular formula is C15H10F2N3NaOS. The Balaban J connectivity index is 0.00000192. The number of halogens is 2. The maximum Gasteiger partial charge on any atom is 1.00 e. The third kappa shape index (κ3) is 4.26. The Labute approximate surface area is 159 Å². The maximum atomic E-state index is 13.0. The zero-order valence-electron chi connectivity index (χ0n) is 12.2. The van der Waals surface area contributed by atoms with Crippen molar-refractivity contribution in [3.63, 3.8) is 0 Å². The zero-order valence-corrected chi connectivity index (χ0v) is 15.1. The van der Waals surface area contributed by atoms with E-state index in [1.165, 1.54) is 36.4 Å². The van der Waals surface area contributed by atoms with Gasteiger partial charge in [0.15, 0.2) is 5.82 Å². The van der Waals surface area contributed by atoms with E-state index in [4.69, 9.17) is 17.4 Å². The third-order valence-electron chi connectivity index (χ3n) is 2.97. The summed E-state index contributed by atoms with van der Waals surface area (Å²) in [6, 6.07) is 11.5. The summed E-state index contributed by atoms with van der Waals surface area (Å²) in [5.41, 5.74) is 0.647. The first-order valence-corrected chi connectivity index (χ1v) is 6.80. The quantitative estimate of drug-likeness (QED) is 0.496. The van der Waals surface area contributed by atoms with Crippen molar-refractivity contribution in [3.05, 3.63) is 66.0 Å². The third-order valence-corrected chi connectivity index (χ3v) is 3.23. The van der Waals surface area contributed by atoms with Gasteiger partial charge in [0.25, 0.3) is 0 Å². The van der Waals surface area contributed by atoms with Crippen LogP contribution in [0.15, 0.2) is 53.7 Å². The number of nitrogens with zero attached hydrogens (tertiary/aromatic N) is 3. The number of benzene rings is 2. The van der Waals surface area contributed by atoms with Crippen LogP contribution in [0.5, 0.6) is 5.75 Å². The van der Waals surface area contributed by atoms with Crippen molar-refractivity contribution in [3.8, 4) is 11.4 Å². The minimum atomic E-state index is -0.341. The fourth-order valence-corrected chi connectivity index (χ4v) is 2.17. The van der Waals surface area contributed by atoms with Crippen LogP contribution >= 0.6 is 0 Å². The van der Waals surface area contributed by atoms with Gasteiger partial charge in [-0.25, -0.2) is 8.78 Å². The Morgan fingerprint density at radius 1 is 0.913 bits per heavy atom. The van der Waals surface area contributed by atoms with Gasteiger partial charge in [-0.3, -0.25) is 0 Å². The van der Waals surface area contributed by atoms with E-state index in [2.05, 4.69) is 10.2 Å². The second-order valence-electron chi connectivity index (χ2n) is 4.45. The van der Waals surface area contributed by atoms with E-state index in [1.54, 1.807) is 16.7 Å². The van der Waals surface area contributed by atoms with Gasteiger partial charge in [-0.05, 0) is 48.5 Å². The van der Waals surface area contributed by atoms with Gasteiger partial charge < -0.3 is 21.9 Å². The van der Waals surface area contributed by atoms with E-state index >= 15 is 0 Å². The van der Waals surface area contributed by atoms with Crippen LogP contribution in [0.4, 0.5) is 8.78 Å². The summed E-state index contributed by atoms with van der Waals surface area (Å²) in [7, 11) is 0. The summed E-state index contributed by atoms with van der Waals surface area (Å²) in [6.45, 7) is 0.104. The molecule has 4 nitrogen and oxygen atoms in total. The molecule has 0 aliphatic heterocycles. The molecule has 0 aliphatic carbocycles. The van der Waals surface area contributed by atoms with Gasteiger partial charge in [0.1, 0.15) is 24.0 Å². The average molecular weight is 341 g/mol. The Hall–Kier alpha value is -1.54. The number of ether oxygens (including phenoxy) is 1. The van der Waals surface area contributed by atoms with Gasteiger partial charge >= 0.3 is 29.6 Å². The van der Waals surface area contributed by atoms with Gasteiger partial charge in [-0.15, -0.1) is 5.10 Å². The van der Waals surface area contributed by atoms with Crippen LogP contribution in [-0.2, 0) is 19.2 Å². The van der Waals surface area contributed by atoms with Crippen molar-refractivity contribution in [1.82, 2.24) is 14.8 Å². The van der Waals surface area contributed by atoms with Gasteiger partial charge in [-0.2, -0.15) is 5.10 Å². The molecule has 0 saturated carbocycles. The average Bonchev–Trinajstić information content (AvgIpc) is 2.89. The van der Waals surface area contributed by atoms with Crippen LogP contribution in [0.1, 0.15) is 5.82 Å². The molecule has 0 unspecified atom stereocenters. The van der Waals surface area contributed by atoms with Gasteiger partial charge in [0, 0.05) is 10.8 Å². The monoisotopic (exact) mass is 341 g/mol. The van der Waals surface area contributed by atoms with Crippen LogP contribution in [0.2, 0.25) is 0 Å². The number of rotatable bonds is 4. The summed E-state index contributed by atoms with van der Waals surface area (Å²) in [5, 5.41) is 8.05. The Morgan fingerprint density at radius 2 is 1.48 bits per heavy atom. The molecule has 3 aromatic rings. The summed E-state index contributed by atoms with van der Waals surface area (Å²) >= 11 is 5.13. The van der Waals surface area contributed by atoms with Crippen molar-refractivity contribution in [2.24, 2.45) is 0 Å². The molecule has 1 aromatic heterocycles. The van der Waals surface area contributed by atoms with Crippen LogP contribution in [0.25, 0.3) is 5.69 Å². The predicted molar refractivity (Wildman–Crippen MR) is 77.7 cm³/mol. The smallest absolute Gasteiger partial charge is 0.740 e. The molecule has 0 fully saturated rings. The zero-order chi connectivity index (χ0) is 15.5. The number of hydrogen-bond acceptors (Lipinski definition) is 4. The van der Waals surface area contributed by atoms with E-state index in [0.717, 1.165) is 0 Å². The summed E-state index contributed by atoms with van der Waals surface area (Å²) < 4.78 is 33.0. The molecular weight excluding hydrogens is 331 g/mol. The molecule has 0 radical (unpaired) electrons. The van der Waals surface area contributed by atoms with Gasteiger partial charge in [0.05, 0.1) is 0 Å². The SMILES string of the molecule is Fc1ccc(OCc2nnc([S-])n2-c2ccc(F)cc2)cc1.[Na+]. The van der Waals surface area contributed by atoms with E-state index in [0.29, 0.717) is 17.3 Å². The summed E-state index contributed by atoms with van der Waals surface area (Å²) in [5.74, 6) is 0.295. The van der Waals surface area contributed by atoms with E-state index in [9.17, 15) is 8.78 Å². The molecule has 2 aromatic carbocycles. The molecule has 3 rings (SSSR count). The van der Waals surface area contributed by atoms with Crippen molar-refractivity contribution in [2.45, 2.75) is 11.8 Å². The van der Waals surface area contributed by atoms with Crippen molar-refractivity contribution in [1.29, 1.82) is 0 Å². The van der Waals surface area contributed by atoms with Crippen LogP contribution in [0, 0.1) is 11.6 Å². The number of aromatic nitrogens is 3. The van der Waals surface area contributed by atoms with Crippen LogP contribution < -0.4 is 34.3 Å². The molecule has 0 N–H and O–H groups in total. The normalized spacial score (nSPS) is 10.2. The van der Waals surface area contributed by atoms with E-state index in [1.807, 2.05) is 0 Å². The second kappa shape index (κ2) is 7.83. The fourth-order valence-electron chi connectivity index (χ4n) is 1.92. The van der Waals surface area contributed by atoms with Crippen LogP contribution in [-0.4, -0.2) is 14.8 Å². The Morgan fingerprint density at radius 3 is 2.09 bits per heavy atom. The standard InChI is InChI=1S/C15H11F2N3OS.Na/c16-10-1-5-12(6-2-10)20-14(18-19-15(20)22)9-21-13-7-3-11(17)4-8-13;/h1-8H,9H2,(H,19,22);/q;+1/p-1. The first-order valence-electron chi connectivity index (χ1n) is 6.39. The minimum Gasteiger partial charge on any atom is -0.740 e. The fraction of sp³-hybridized carbons (Fsp3) is 0.0667. The maximum absolute atomic E-state index is 13.0. The molecule has 8 heteroatoms. The Bertz CT molecular complexity index is 778. The molecule has 0 bridgehead atoms. The van der Waals surface area contributed by atoms with Crippen molar-refractivity contribution < 1.29 is 43.1 Å². The topological polar surface area (TPSA) is 39.9 Å². The second-order valence-corrected chi connectivity index (χ2v) is 4.82. The van der Waals surface area contributed by atoms with Crippen LogP contribution in [0.3, 0.4) is 0 Å². The molecule has 0 spiro atoms.